The highest BCUT2D eigenvalue weighted by Gasteiger charge is 2.14. The smallest absolute Gasteiger partial charge is 0.0132 e. The molecule has 0 atom stereocenters. The maximum atomic E-state index is 3.73. The maximum Gasteiger partial charge on any atom is -0.0132 e. The minimum absolute atomic E-state index is 0.204. The predicted octanol–water partition coefficient (Wildman–Crippen LogP) is 4.27. The van der Waals surface area contributed by atoms with Crippen molar-refractivity contribution >= 4 is 0 Å². The fourth-order valence-corrected chi connectivity index (χ4v) is 1.66. The molecule has 0 fully saturated rings. The van der Waals surface area contributed by atoms with Gasteiger partial charge >= 0.3 is 0 Å². The summed E-state index contributed by atoms with van der Waals surface area (Å²) in [6.07, 6.45) is 5.31. The van der Waals surface area contributed by atoms with Crippen molar-refractivity contribution in [1.29, 1.82) is 0 Å². The van der Waals surface area contributed by atoms with E-state index in [9.17, 15) is 0 Å². The van der Waals surface area contributed by atoms with Crippen molar-refractivity contribution in [2.24, 2.45) is 0 Å². The molecular weight excluding hydrogens is 180 g/mol. The molecule has 1 rings (SSSR count). The first-order valence-corrected chi connectivity index (χ1v) is 5.65. The molecule has 0 amide bonds. The van der Waals surface area contributed by atoms with E-state index in [0.29, 0.717) is 0 Å². The monoisotopic (exact) mass is 201 g/mol. The molecular formula is C15H21. The van der Waals surface area contributed by atoms with Crippen LogP contribution in [0.1, 0.15) is 50.8 Å². The second kappa shape index (κ2) is 4.65. The molecule has 0 spiro atoms. The fraction of sp³-hybridized carbons (Fsp3) is 0.467. The van der Waals surface area contributed by atoms with E-state index in [1.807, 2.05) is 0 Å². The number of hydrogen-bond donors (Lipinski definition) is 0. The third-order valence-electron chi connectivity index (χ3n) is 2.60. The van der Waals surface area contributed by atoms with Crippen LogP contribution in [0.3, 0.4) is 0 Å². The summed E-state index contributed by atoms with van der Waals surface area (Å²) in [5.41, 5.74) is 4.09. The average molecular weight is 201 g/mol. The molecule has 0 heteroatoms. The molecule has 81 valence electrons. The van der Waals surface area contributed by atoms with Gasteiger partial charge in [-0.25, -0.2) is 0 Å². The predicted molar refractivity (Wildman–Crippen MR) is 67.1 cm³/mol. The summed E-state index contributed by atoms with van der Waals surface area (Å²) < 4.78 is 0. The summed E-state index contributed by atoms with van der Waals surface area (Å²) in [5, 5.41) is 0. The molecule has 1 aromatic carbocycles. The Morgan fingerprint density at radius 1 is 1.20 bits per heavy atom. The van der Waals surface area contributed by atoms with Crippen LogP contribution in [-0.2, 0) is 11.8 Å². The lowest BCUT2D eigenvalue weighted by molar-refractivity contribution is 0.588. The van der Waals surface area contributed by atoms with Gasteiger partial charge in [-0.15, -0.1) is 0 Å². The van der Waals surface area contributed by atoms with Crippen molar-refractivity contribution in [3.05, 3.63) is 47.5 Å². The van der Waals surface area contributed by atoms with Gasteiger partial charge in [0.2, 0.25) is 0 Å². The first-order chi connectivity index (χ1) is 6.97. The topological polar surface area (TPSA) is 0 Å². The third kappa shape index (κ3) is 3.23. The van der Waals surface area contributed by atoms with E-state index in [1.54, 1.807) is 0 Å². The van der Waals surface area contributed by atoms with E-state index >= 15 is 0 Å². The van der Waals surface area contributed by atoms with Crippen molar-refractivity contribution in [2.75, 3.05) is 0 Å². The van der Waals surface area contributed by atoms with Gasteiger partial charge in [0.1, 0.15) is 0 Å². The molecule has 1 radical (unpaired) electrons. The molecule has 0 heterocycles. The van der Waals surface area contributed by atoms with Gasteiger partial charge in [-0.1, -0.05) is 58.9 Å². The van der Waals surface area contributed by atoms with E-state index in [2.05, 4.69) is 58.5 Å². The van der Waals surface area contributed by atoms with E-state index in [-0.39, 0.29) is 5.41 Å². The first kappa shape index (κ1) is 12.0. The van der Waals surface area contributed by atoms with Gasteiger partial charge in [-0.2, -0.15) is 0 Å². The SMILES string of the molecule is C=[C]c1cc(CCC)cc(C(C)(C)C)c1. The van der Waals surface area contributed by atoms with Crippen molar-refractivity contribution in [1.82, 2.24) is 0 Å². The van der Waals surface area contributed by atoms with Crippen LogP contribution in [0.15, 0.2) is 24.8 Å². The van der Waals surface area contributed by atoms with Gasteiger partial charge in [0.25, 0.3) is 0 Å². The third-order valence-corrected chi connectivity index (χ3v) is 2.60. The van der Waals surface area contributed by atoms with Crippen molar-refractivity contribution < 1.29 is 0 Å². The highest BCUT2D eigenvalue weighted by molar-refractivity contribution is 5.36. The molecule has 15 heavy (non-hydrogen) atoms. The van der Waals surface area contributed by atoms with Crippen LogP contribution in [0.2, 0.25) is 0 Å². The molecule has 0 aliphatic heterocycles. The normalized spacial score (nSPS) is 11.5. The van der Waals surface area contributed by atoms with Gasteiger partial charge < -0.3 is 0 Å². The zero-order valence-corrected chi connectivity index (χ0v) is 10.4. The van der Waals surface area contributed by atoms with Crippen LogP contribution in [0.5, 0.6) is 0 Å². The molecule has 0 N–H and O–H groups in total. The minimum atomic E-state index is 0.204. The molecule has 0 saturated carbocycles. The van der Waals surface area contributed by atoms with Crippen LogP contribution in [0.25, 0.3) is 0 Å². The summed E-state index contributed by atoms with van der Waals surface area (Å²) in [6, 6.07) is 6.68. The lowest BCUT2D eigenvalue weighted by Crippen LogP contribution is -2.11. The van der Waals surface area contributed by atoms with E-state index in [4.69, 9.17) is 0 Å². The standard InChI is InChI=1S/C15H21/c1-6-8-13-9-12(7-2)10-14(11-13)15(3,4)5/h9-11H,2,6,8H2,1,3-5H3. The summed E-state index contributed by atoms with van der Waals surface area (Å²) in [6.45, 7) is 12.7. The zero-order chi connectivity index (χ0) is 11.5. The molecule has 0 unspecified atom stereocenters. The second-order valence-electron chi connectivity index (χ2n) is 5.10. The molecule has 0 aliphatic carbocycles. The summed E-state index contributed by atoms with van der Waals surface area (Å²) in [7, 11) is 0. The van der Waals surface area contributed by atoms with Crippen LogP contribution < -0.4 is 0 Å². The van der Waals surface area contributed by atoms with E-state index in [1.165, 1.54) is 17.5 Å². The van der Waals surface area contributed by atoms with Crippen LogP contribution in [0, 0.1) is 6.08 Å². The van der Waals surface area contributed by atoms with Crippen molar-refractivity contribution in [3.63, 3.8) is 0 Å². The number of benzene rings is 1. The van der Waals surface area contributed by atoms with E-state index < -0.39 is 0 Å². The van der Waals surface area contributed by atoms with Crippen LogP contribution in [-0.4, -0.2) is 0 Å². The van der Waals surface area contributed by atoms with Gasteiger partial charge in [0.05, 0.1) is 0 Å². The lowest BCUT2D eigenvalue weighted by Gasteiger charge is -2.20. The Labute approximate surface area is 94.0 Å². The maximum absolute atomic E-state index is 3.73. The largest absolute Gasteiger partial charge is 0.0906 e. The Morgan fingerprint density at radius 2 is 1.87 bits per heavy atom. The van der Waals surface area contributed by atoms with Gasteiger partial charge in [-0.3, -0.25) is 0 Å². The highest BCUT2D eigenvalue weighted by Crippen LogP contribution is 2.25. The zero-order valence-electron chi connectivity index (χ0n) is 10.4. The number of aryl methyl sites for hydroxylation is 1. The Balaban J connectivity index is 3.17. The molecule has 1 aromatic rings. The Hall–Kier alpha value is -1.04. The minimum Gasteiger partial charge on any atom is -0.0906 e. The fourth-order valence-electron chi connectivity index (χ4n) is 1.66. The van der Waals surface area contributed by atoms with Gasteiger partial charge in [0.15, 0.2) is 0 Å². The Kier molecular flexibility index (Phi) is 3.73. The van der Waals surface area contributed by atoms with E-state index in [0.717, 1.165) is 12.0 Å². The van der Waals surface area contributed by atoms with Crippen molar-refractivity contribution in [3.8, 4) is 0 Å². The van der Waals surface area contributed by atoms with Crippen molar-refractivity contribution in [2.45, 2.75) is 46.0 Å². The number of hydrogen-bond acceptors (Lipinski definition) is 0. The van der Waals surface area contributed by atoms with Crippen LogP contribution in [0.4, 0.5) is 0 Å². The van der Waals surface area contributed by atoms with Crippen LogP contribution >= 0.6 is 0 Å². The van der Waals surface area contributed by atoms with Gasteiger partial charge in [-0.05, 0) is 34.6 Å². The Bertz CT molecular complexity index is 340. The lowest BCUT2D eigenvalue weighted by atomic mass is 9.84. The highest BCUT2D eigenvalue weighted by atomic mass is 14.2. The molecule has 0 aliphatic rings. The molecule has 0 bridgehead atoms. The quantitative estimate of drug-likeness (QED) is 0.685. The molecule has 0 nitrogen and oxygen atoms in total. The summed E-state index contributed by atoms with van der Waals surface area (Å²) >= 11 is 0. The number of rotatable bonds is 3. The summed E-state index contributed by atoms with van der Waals surface area (Å²) in [4.78, 5) is 0. The molecule has 0 aromatic heterocycles. The summed E-state index contributed by atoms with van der Waals surface area (Å²) in [5.74, 6) is 0. The average Bonchev–Trinajstić information content (AvgIpc) is 2.16. The first-order valence-electron chi connectivity index (χ1n) is 5.65. The second-order valence-corrected chi connectivity index (χ2v) is 5.10. The molecule has 0 saturated heterocycles. The van der Waals surface area contributed by atoms with Gasteiger partial charge in [0, 0.05) is 0 Å². The Morgan fingerprint density at radius 3 is 2.33 bits per heavy atom.